The van der Waals surface area contributed by atoms with Gasteiger partial charge in [-0.1, -0.05) is 12.1 Å². The molecule has 0 bridgehead atoms. The molecule has 1 rings (SSSR count). The van der Waals surface area contributed by atoms with Crippen LogP contribution in [-0.4, -0.2) is 17.3 Å². The Kier molecular flexibility index (Phi) is 2.87. The van der Waals surface area contributed by atoms with Crippen LogP contribution < -0.4 is 10.9 Å². The predicted octanol–water partition coefficient (Wildman–Crippen LogP) is 0.530. The monoisotopic (exact) mass is 185 g/mol. The van der Waals surface area contributed by atoms with Gasteiger partial charge in [-0.15, -0.1) is 0 Å². The number of carbonyl (C=O) groups is 1. The van der Waals surface area contributed by atoms with Crippen LogP contribution in [0.3, 0.4) is 0 Å². The number of hydrogen-bond donors (Lipinski definition) is 2. The predicted molar refractivity (Wildman–Crippen MR) is 48.8 cm³/mol. The molecule has 5 nitrogen and oxygen atoms in total. The maximum absolute atomic E-state index is 10.9. The molecule has 0 spiro atoms. The van der Waals surface area contributed by atoms with Crippen molar-refractivity contribution in [1.29, 1.82) is 0 Å². The number of hydrogen-bond acceptors (Lipinski definition) is 4. The normalized spacial score (nSPS) is 26.5. The van der Waals surface area contributed by atoms with E-state index in [0.717, 1.165) is 5.71 Å². The van der Waals surface area contributed by atoms with Gasteiger partial charge in [0.2, 0.25) is 11.6 Å². The lowest BCUT2D eigenvalue weighted by Crippen LogP contribution is -2.52. The molecule has 1 heterocycles. The Morgan fingerprint density at radius 2 is 2.46 bits per heavy atom. The van der Waals surface area contributed by atoms with Crippen LogP contribution in [0.1, 0.15) is 33.6 Å². The summed E-state index contributed by atoms with van der Waals surface area (Å²) in [5.41, 5.74) is 5.68. The molecule has 1 amide bonds. The lowest BCUT2D eigenvalue weighted by Gasteiger charge is -2.22. The fourth-order valence-corrected chi connectivity index (χ4v) is 1.09. The molecule has 1 aliphatic rings. The third-order valence-electron chi connectivity index (χ3n) is 1.78. The van der Waals surface area contributed by atoms with Gasteiger partial charge in [0.25, 0.3) is 0 Å². The van der Waals surface area contributed by atoms with Crippen LogP contribution in [0.5, 0.6) is 0 Å². The average Bonchev–Trinajstić information content (AvgIpc) is 2.43. The van der Waals surface area contributed by atoms with E-state index in [-0.39, 0.29) is 5.91 Å². The van der Waals surface area contributed by atoms with Crippen molar-refractivity contribution in [3.05, 3.63) is 0 Å². The molecule has 1 atom stereocenters. The van der Waals surface area contributed by atoms with Crippen molar-refractivity contribution in [1.82, 2.24) is 10.9 Å². The molecule has 0 aromatic carbocycles. The molecule has 0 saturated heterocycles. The van der Waals surface area contributed by atoms with E-state index >= 15 is 0 Å². The Hall–Kier alpha value is -1.10. The van der Waals surface area contributed by atoms with Crippen molar-refractivity contribution < 1.29 is 9.63 Å². The molecule has 5 heteroatoms. The van der Waals surface area contributed by atoms with Crippen LogP contribution >= 0.6 is 0 Å². The average molecular weight is 185 g/mol. The van der Waals surface area contributed by atoms with Gasteiger partial charge < -0.3 is 4.84 Å². The molecular weight excluding hydrogens is 170 g/mol. The molecule has 0 aliphatic carbocycles. The molecule has 1 aliphatic heterocycles. The molecule has 0 aromatic heterocycles. The van der Waals surface area contributed by atoms with Gasteiger partial charge in [0, 0.05) is 12.8 Å². The summed E-state index contributed by atoms with van der Waals surface area (Å²) in [5, 5.41) is 3.80. The summed E-state index contributed by atoms with van der Waals surface area (Å²) < 4.78 is 0. The lowest BCUT2D eigenvalue weighted by molar-refractivity contribution is -0.125. The van der Waals surface area contributed by atoms with Crippen molar-refractivity contribution in [2.45, 2.75) is 39.3 Å². The van der Waals surface area contributed by atoms with Gasteiger partial charge in [-0.3, -0.25) is 10.2 Å². The zero-order valence-electron chi connectivity index (χ0n) is 8.18. The number of nitrogens with zero attached hydrogens (tertiary/aromatic N) is 1. The van der Waals surface area contributed by atoms with Crippen molar-refractivity contribution in [2.75, 3.05) is 0 Å². The Bertz CT molecular complexity index is 240. The number of hydrazine groups is 1. The van der Waals surface area contributed by atoms with Gasteiger partial charge in [0.15, 0.2) is 0 Å². The third-order valence-corrected chi connectivity index (χ3v) is 1.78. The van der Waals surface area contributed by atoms with Gasteiger partial charge in [-0.05, 0) is 13.8 Å². The second kappa shape index (κ2) is 3.74. The van der Waals surface area contributed by atoms with Crippen molar-refractivity contribution in [3.63, 3.8) is 0 Å². The number of carbonyl (C=O) groups excluding carboxylic acids is 1. The quantitative estimate of drug-likeness (QED) is 0.630. The summed E-state index contributed by atoms with van der Waals surface area (Å²) >= 11 is 0. The minimum atomic E-state index is -0.588. The van der Waals surface area contributed by atoms with E-state index in [9.17, 15) is 4.79 Å². The van der Waals surface area contributed by atoms with Crippen LogP contribution in [0.25, 0.3) is 0 Å². The van der Waals surface area contributed by atoms with Gasteiger partial charge in [0.1, 0.15) is 0 Å². The summed E-state index contributed by atoms with van der Waals surface area (Å²) in [6.07, 6.45) is 1.12. The fourth-order valence-electron chi connectivity index (χ4n) is 1.09. The van der Waals surface area contributed by atoms with Crippen LogP contribution in [-0.2, 0) is 9.63 Å². The summed E-state index contributed by atoms with van der Waals surface area (Å²) in [4.78, 5) is 16.0. The van der Waals surface area contributed by atoms with Crippen LogP contribution in [0.4, 0.5) is 0 Å². The van der Waals surface area contributed by atoms with E-state index in [1.807, 2.05) is 13.8 Å². The molecule has 2 N–H and O–H groups in total. The molecule has 0 radical (unpaired) electrons. The van der Waals surface area contributed by atoms with E-state index in [1.54, 1.807) is 6.92 Å². The summed E-state index contributed by atoms with van der Waals surface area (Å²) in [5.74, 6) is -0.0608. The van der Waals surface area contributed by atoms with Gasteiger partial charge in [-0.25, -0.2) is 0 Å². The standard InChI is InChI=1S/C8H15N3O2/c1-4-7(12)9-11-8(3)5-6(2)10-13-8/h11H,4-5H2,1-3H3,(H,9,12)/t8-/m0/s1. The molecule has 0 aromatic rings. The highest BCUT2D eigenvalue weighted by molar-refractivity contribution is 5.83. The Balaban J connectivity index is 2.33. The Morgan fingerprint density at radius 3 is 2.92 bits per heavy atom. The summed E-state index contributed by atoms with van der Waals surface area (Å²) in [6, 6.07) is 0. The lowest BCUT2D eigenvalue weighted by atomic mass is 10.1. The smallest absolute Gasteiger partial charge is 0.233 e. The first-order valence-corrected chi connectivity index (χ1v) is 4.33. The van der Waals surface area contributed by atoms with Crippen LogP contribution in [0, 0.1) is 0 Å². The topological polar surface area (TPSA) is 62.7 Å². The van der Waals surface area contributed by atoms with Gasteiger partial charge in [0.05, 0.1) is 5.71 Å². The molecule has 0 saturated carbocycles. The fraction of sp³-hybridized carbons (Fsp3) is 0.750. The van der Waals surface area contributed by atoms with Crippen molar-refractivity contribution >= 4 is 11.6 Å². The molecule has 74 valence electrons. The summed E-state index contributed by atoms with van der Waals surface area (Å²) in [6.45, 7) is 5.51. The van der Waals surface area contributed by atoms with Crippen LogP contribution in [0.15, 0.2) is 5.16 Å². The minimum absolute atomic E-state index is 0.0608. The van der Waals surface area contributed by atoms with E-state index in [1.165, 1.54) is 0 Å². The Labute approximate surface area is 77.5 Å². The molecule has 13 heavy (non-hydrogen) atoms. The maximum Gasteiger partial charge on any atom is 0.233 e. The third kappa shape index (κ3) is 2.69. The first kappa shape index (κ1) is 9.98. The zero-order valence-corrected chi connectivity index (χ0v) is 8.18. The van der Waals surface area contributed by atoms with Gasteiger partial charge >= 0.3 is 0 Å². The van der Waals surface area contributed by atoms with Crippen molar-refractivity contribution in [2.24, 2.45) is 5.16 Å². The van der Waals surface area contributed by atoms with Gasteiger partial charge in [-0.2, -0.15) is 5.43 Å². The number of amides is 1. The van der Waals surface area contributed by atoms with E-state index < -0.39 is 5.72 Å². The zero-order chi connectivity index (χ0) is 9.90. The largest absolute Gasteiger partial charge is 0.372 e. The number of rotatable bonds is 3. The van der Waals surface area contributed by atoms with E-state index in [2.05, 4.69) is 16.0 Å². The van der Waals surface area contributed by atoms with Crippen molar-refractivity contribution in [3.8, 4) is 0 Å². The Morgan fingerprint density at radius 1 is 1.77 bits per heavy atom. The highest BCUT2D eigenvalue weighted by atomic mass is 16.7. The van der Waals surface area contributed by atoms with E-state index in [0.29, 0.717) is 12.8 Å². The molecular formula is C8H15N3O2. The highest BCUT2D eigenvalue weighted by Crippen LogP contribution is 2.18. The second-order valence-electron chi connectivity index (χ2n) is 3.35. The maximum atomic E-state index is 10.9. The molecule has 0 unspecified atom stereocenters. The number of nitrogens with one attached hydrogen (secondary N) is 2. The van der Waals surface area contributed by atoms with Crippen LogP contribution in [0.2, 0.25) is 0 Å². The molecule has 0 fully saturated rings. The SMILES string of the molecule is CCC(=O)NN[C@]1(C)CC(C)=NO1. The highest BCUT2D eigenvalue weighted by Gasteiger charge is 2.32. The second-order valence-corrected chi connectivity index (χ2v) is 3.35. The summed E-state index contributed by atoms with van der Waals surface area (Å²) in [7, 11) is 0. The number of oxime groups is 1. The minimum Gasteiger partial charge on any atom is -0.372 e. The first-order chi connectivity index (χ1) is 6.06. The van der Waals surface area contributed by atoms with E-state index in [4.69, 9.17) is 4.84 Å². The first-order valence-electron chi connectivity index (χ1n) is 4.33.